The molecule has 0 atom stereocenters. The average Bonchev–Trinajstić information content (AvgIpc) is 3.19. The summed E-state index contributed by atoms with van der Waals surface area (Å²) in [6.07, 6.45) is 8.59. The molecule has 5 rings (SSSR count). The number of ether oxygens (including phenoxy) is 2. The van der Waals surface area contributed by atoms with Crippen molar-refractivity contribution in [3.05, 3.63) is 42.2 Å². The molecular formula is C24H28N4O3. The van der Waals surface area contributed by atoms with E-state index in [1.54, 1.807) is 18.2 Å². The Bertz CT molecular complexity index is 1090. The maximum absolute atomic E-state index is 12.9. The molecule has 2 aliphatic rings. The first-order valence-electron chi connectivity index (χ1n) is 11.2. The van der Waals surface area contributed by atoms with Crippen LogP contribution < -0.4 is 14.8 Å². The van der Waals surface area contributed by atoms with E-state index in [0.29, 0.717) is 42.3 Å². The summed E-state index contributed by atoms with van der Waals surface area (Å²) >= 11 is 0. The van der Waals surface area contributed by atoms with Crippen molar-refractivity contribution in [3.63, 3.8) is 0 Å². The van der Waals surface area contributed by atoms with E-state index in [-0.39, 0.29) is 5.91 Å². The first-order valence-corrected chi connectivity index (χ1v) is 11.2. The molecule has 31 heavy (non-hydrogen) atoms. The molecule has 0 saturated heterocycles. The molecule has 0 radical (unpaired) electrons. The van der Waals surface area contributed by atoms with E-state index in [0.717, 1.165) is 42.5 Å². The molecule has 1 amide bonds. The molecule has 1 aliphatic carbocycles. The second kappa shape index (κ2) is 8.57. The summed E-state index contributed by atoms with van der Waals surface area (Å²) in [7, 11) is 0. The predicted molar refractivity (Wildman–Crippen MR) is 119 cm³/mol. The number of aromatic nitrogens is 3. The number of nitrogens with one attached hydrogen (secondary N) is 1. The lowest BCUT2D eigenvalue weighted by Gasteiger charge is -2.26. The van der Waals surface area contributed by atoms with Gasteiger partial charge in [0, 0.05) is 23.7 Å². The summed E-state index contributed by atoms with van der Waals surface area (Å²) in [5.74, 6) is 1.61. The third kappa shape index (κ3) is 4.36. The van der Waals surface area contributed by atoms with Crippen molar-refractivity contribution in [2.24, 2.45) is 5.92 Å². The lowest BCUT2D eigenvalue weighted by molar-refractivity contribution is 0.102. The summed E-state index contributed by atoms with van der Waals surface area (Å²) < 4.78 is 13.8. The zero-order valence-corrected chi connectivity index (χ0v) is 17.8. The lowest BCUT2D eigenvalue weighted by Crippen LogP contribution is -2.16. The molecule has 1 fully saturated rings. The highest BCUT2D eigenvalue weighted by atomic mass is 16.5. The topological polar surface area (TPSA) is 78.3 Å². The third-order valence-corrected chi connectivity index (χ3v) is 6.23. The molecule has 7 nitrogen and oxygen atoms in total. The molecule has 2 bridgehead atoms. The first kappa shape index (κ1) is 19.8. The molecule has 3 heterocycles. The van der Waals surface area contributed by atoms with Gasteiger partial charge in [0.2, 0.25) is 5.88 Å². The number of carbonyl (C=O) groups excluding carboxylic acids is 1. The SMILES string of the molecule is CC1CCC(n2cc3cc4c(cc3n2)OCCCCOc2cccc(n2)C(=O)N4)CC1. The number of fused-ring (bicyclic) bond motifs is 4. The van der Waals surface area contributed by atoms with E-state index in [9.17, 15) is 4.79 Å². The Morgan fingerprint density at radius 3 is 2.71 bits per heavy atom. The Balaban J connectivity index is 1.48. The first-order chi connectivity index (χ1) is 15.2. The van der Waals surface area contributed by atoms with Crippen molar-refractivity contribution in [2.45, 2.75) is 51.5 Å². The van der Waals surface area contributed by atoms with E-state index >= 15 is 0 Å². The van der Waals surface area contributed by atoms with Crippen molar-refractivity contribution >= 4 is 22.5 Å². The molecule has 0 spiro atoms. The highest BCUT2D eigenvalue weighted by Gasteiger charge is 2.21. The number of carbonyl (C=O) groups is 1. The third-order valence-electron chi connectivity index (χ3n) is 6.23. The second-order valence-electron chi connectivity index (χ2n) is 8.65. The average molecular weight is 421 g/mol. The van der Waals surface area contributed by atoms with Crippen LogP contribution in [0.4, 0.5) is 5.69 Å². The zero-order chi connectivity index (χ0) is 21.2. The molecule has 7 heteroatoms. The van der Waals surface area contributed by atoms with Crippen molar-refractivity contribution < 1.29 is 14.3 Å². The highest BCUT2D eigenvalue weighted by Crippen LogP contribution is 2.35. The maximum Gasteiger partial charge on any atom is 0.274 e. The minimum Gasteiger partial charge on any atom is -0.491 e. The summed E-state index contributed by atoms with van der Waals surface area (Å²) in [5, 5.41) is 8.82. The number of anilines is 1. The minimum atomic E-state index is -0.289. The van der Waals surface area contributed by atoms with Crippen LogP contribution in [-0.4, -0.2) is 33.9 Å². The molecule has 162 valence electrons. The molecule has 1 aromatic carbocycles. The van der Waals surface area contributed by atoms with Crippen LogP contribution in [0.25, 0.3) is 10.9 Å². The van der Waals surface area contributed by atoms with Crippen molar-refractivity contribution in [1.29, 1.82) is 0 Å². The summed E-state index contributed by atoms with van der Waals surface area (Å²) in [4.78, 5) is 17.2. The fourth-order valence-electron chi connectivity index (χ4n) is 4.35. The molecule has 1 aliphatic heterocycles. The number of amides is 1. The van der Waals surface area contributed by atoms with E-state index in [2.05, 4.69) is 28.1 Å². The van der Waals surface area contributed by atoms with Gasteiger partial charge in [-0.2, -0.15) is 5.10 Å². The number of rotatable bonds is 1. The number of hydrogen-bond acceptors (Lipinski definition) is 5. The number of hydrogen-bond donors (Lipinski definition) is 1. The summed E-state index contributed by atoms with van der Waals surface area (Å²) in [5.41, 5.74) is 1.84. The normalized spacial score (nSPS) is 22.2. The lowest BCUT2D eigenvalue weighted by atomic mass is 9.87. The maximum atomic E-state index is 12.9. The highest BCUT2D eigenvalue weighted by molar-refractivity contribution is 6.05. The quantitative estimate of drug-likeness (QED) is 0.600. The van der Waals surface area contributed by atoms with Gasteiger partial charge in [-0.15, -0.1) is 0 Å². The van der Waals surface area contributed by atoms with Crippen LogP contribution in [0.1, 0.15) is 62.0 Å². The van der Waals surface area contributed by atoms with Crippen molar-refractivity contribution in [2.75, 3.05) is 18.5 Å². The van der Waals surface area contributed by atoms with Crippen LogP contribution in [0.3, 0.4) is 0 Å². The molecule has 2 aromatic heterocycles. The van der Waals surface area contributed by atoms with Crippen LogP contribution >= 0.6 is 0 Å². The Labute approximate surface area is 181 Å². The number of nitrogens with zero attached hydrogens (tertiary/aromatic N) is 3. The van der Waals surface area contributed by atoms with Gasteiger partial charge in [-0.25, -0.2) is 4.98 Å². The van der Waals surface area contributed by atoms with E-state index in [1.165, 1.54) is 12.8 Å². The molecule has 1 saturated carbocycles. The van der Waals surface area contributed by atoms with Gasteiger partial charge >= 0.3 is 0 Å². The van der Waals surface area contributed by atoms with Gasteiger partial charge in [0.1, 0.15) is 11.4 Å². The monoisotopic (exact) mass is 420 g/mol. The fourth-order valence-corrected chi connectivity index (χ4v) is 4.35. The van der Waals surface area contributed by atoms with Gasteiger partial charge in [-0.1, -0.05) is 13.0 Å². The van der Waals surface area contributed by atoms with Crippen LogP contribution in [0, 0.1) is 5.92 Å². The Kier molecular flexibility index (Phi) is 5.49. The van der Waals surface area contributed by atoms with Gasteiger partial charge in [0.05, 0.1) is 30.5 Å². The number of benzene rings is 1. The van der Waals surface area contributed by atoms with E-state index in [4.69, 9.17) is 14.6 Å². The van der Waals surface area contributed by atoms with Gasteiger partial charge in [-0.05, 0) is 56.6 Å². The standard InChI is InChI=1S/C24H28N4O3/c1-16-7-9-18(10-8-16)28-15-17-13-21-22(14-20(17)27-28)30-11-2-3-12-31-23-6-4-5-19(25-23)24(29)26-21/h4-6,13-16,18H,2-3,7-12H2,1H3,(H,26,29). The smallest absolute Gasteiger partial charge is 0.274 e. The van der Waals surface area contributed by atoms with Crippen LogP contribution in [0.5, 0.6) is 11.6 Å². The Morgan fingerprint density at radius 1 is 1.06 bits per heavy atom. The minimum absolute atomic E-state index is 0.289. The Hall–Kier alpha value is -3.09. The van der Waals surface area contributed by atoms with Crippen LogP contribution in [0.15, 0.2) is 36.5 Å². The zero-order valence-electron chi connectivity index (χ0n) is 17.8. The van der Waals surface area contributed by atoms with Crippen LogP contribution in [0.2, 0.25) is 0 Å². The molecule has 0 unspecified atom stereocenters. The molecule has 1 N–H and O–H groups in total. The Morgan fingerprint density at radius 2 is 1.87 bits per heavy atom. The number of pyridine rings is 1. The largest absolute Gasteiger partial charge is 0.491 e. The molecule has 3 aromatic rings. The summed E-state index contributed by atoms with van der Waals surface area (Å²) in [6, 6.07) is 9.57. The fraction of sp³-hybridized carbons (Fsp3) is 0.458. The van der Waals surface area contributed by atoms with Crippen LogP contribution in [-0.2, 0) is 0 Å². The van der Waals surface area contributed by atoms with E-state index in [1.807, 2.05) is 12.1 Å². The van der Waals surface area contributed by atoms with Crippen molar-refractivity contribution in [1.82, 2.24) is 14.8 Å². The predicted octanol–water partition coefficient (Wildman–Crippen LogP) is 4.99. The summed E-state index contributed by atoms with van der Waals surface area (Å²) in [6.45, 7) is 3.41. The van der Waals surface area contributed by atoms with Gasteiger partial charge in [0.15, 0.2) is 0 Å². The van der Waals surface area contributed by atoms with E-state index < -0.39 is 0 Å². The second-order valence-corrected chi connectivity index (χ2v) is 8.65. The molecular weight excluding hydrogens is 392 g/mol. The van der Waals surface area contributed by atoms with Crippen molar-refractivity contribution in [3.8, 4) is 11.6 Å². The van der Waals surface area contributed by atoms with Gasteiger partial charge < -0.3 is 14.8 Å². The van der Waals surface area contributed by atoms with Gasteiger partial charge in [0.25, 0.3) is 5.91 Å². The van der Waals surface area contributed by atoms with Gasteiger partial charge in [-0.3, -0.25) is 9.48 Å².